The molecule has 0 saturated heterocycles. The lowest BCUT2D eigenvalue weighted by molar-refractivity contribution is 0.102. The summed E-state index contributed by atoms with van der Waals surface area (Å²) in [7, 11) is 1.59. The molecule has 0 fully saturated rings. The summed E-state index contributed by atoms with van der Waals surface area (Å²) < 4.78 is 5.17. The molecular weight excluding hydrogens is 200 g/mol. The fourth-order valence-corrected chi connectivity index (χ4v) is 1.54. The van der Waals surface area contributed by atoms with Gasteiger partial charge in [-0.1, -0.05) is 0 Å². The van der Waals surface area contributed by atoms with Gasteiger partial charge in [-0.05, 0) is 31.5 Å². The van der Waals surface area contributed by atoms with Crippen molar-refractivity contribution >= 4 is 17.4 Å². The van der Waals surface area contributed by atoms with Crippen molar-refractivity contribution in [1.82, 2.24) is 0 Å². The average molecular weight is 213 g/mol. The monoisotopic (exact) mass is 212 g/mol. The van der Waals surface area contributed by atoms with Crippen LogP contribution in [0.1, 0.15) is 21.5 Å². The molecule has 0 atom stereocenters. The van der Waals surface area contributed by atoms with Gasteiger partial charge in [0.1, 0.15) is 5.75 Å². The second-order valence-electron chi connectivity index (χ2n) is 3.20. The molecule has 1 aromatic carbocycles. The van der Waals surface area contributed by atoms with Gasteiger partial charge in [0.15, 0.2) is 5.78 Å². The van der Waals surface area contributed by atoms with Crippen molar-refractivity contribution in [1.29, 1.82) is 0 Å². The summed E-state index contributed by atoms with van der Waals surface area (Å²) in [5, 5.41) is 0. The average Bonchev–Trinajstić information content (AvgIpc) is 2.19. The summed E-state index contributed by atoms with van der Waals surface area (Å²) in [6, 6.07) is 3.74. The number of carbonyl (C=O) groups is 1. The first kappa shape index (κ1) is 11.1. The highest BCUT2D eigenvalue weighted by atomic mass is 35.5. The Morgan fingerprint density at radius 2 is 2.07 bits per heavy atom. The molecule has 3 heteroatoms. The number of ketones is 1. The number of hydrogen-bond donors (Lipinski definition) is 0. The molecule has 2 nitrogen and oxygen atoms in total. The van der Waals surface area contributed by atoms with Gasteiger partial charge in [-0.2, -0.15) is 0 Å². The van der Waals surface area contributed by atoms with Crippen LogP contribution in [0.4, 0.5) is 0 Å². The maximum atomic E-state index is 11.5. The first-order valence-corrected chi connectivity index (χ1v) is 4.88. The number of halogens is 1. The maximum absolute atomic E-state index is 11.5. The van der Waals surface area contributed by atoms with E-state index >= 15 is 0 Å². The molecule has 0 heterocycles. The van der Waals surface area contributed by atoms with Crippen LogP contribution >= 0.6 is 11.6 Å². The minimum atomic E-state index is -0.0637. The van der Waals surface area contributed by atoms with E-state index in [0.717, 1.165) is 16.9 Å². The van der Waals surface area contributed by atoms with Gasteiger partial charge in [-0.25, -0.2) is 0 Å². The topological polar surface area (TPSA) is 26.3 Å². The predicted octanol–water partition coefficient (Wildman–Crippen LogP) is 2.73. The Balaban J connectivity index is 3.29. The molecule has 0 aliphatic rings. The largest absolute Gasteiger partial charge is 0.496 e. The number of benzene rings is 1. The van der Waals surface area contributed by atoms with Gasteiger partial charge in [-0.15, -0.1) is 11.6 Å². The number of ether oxygens (including phenoxy) is 1. The summed E-state index contributed by atoms with van der Waals surface area (Å²) in [6.07, 6.45) is 0. The quantitative estimate of drug-likeness (QED) is 0.569. The van der Waals surface area contributed by atoms with Gasteiger partial charge in [-0.3, -0.25) is 4.79 Å². The van der Waals surface area contributed by atoms with Crippen LogP contribution in [0.2, 0.25) is 0 Å². The van der Waals surface area contributed by atoms with E-state index in [1.54, 1.807) is 7.11 Å². The zero-order valence-electron chi connectivity index (χ0n) is 8.56. The standard InChI is InChI=1S/C11H13ClO2/c1-7-4-9(10(13)6-12)8(2)11(5-7)14-3/h4-5H,6H2,1-3H3. The third-order valence-corrected chi connectivity index (χ3v) is 2.39. The highest BCUT2D eigenvalue weighted by molar-refractivity contribution is 6.30. The molecule has 0 radical (unpaired) electrons. The molecule has 0 unspecified atom stereocenters. The van der Waals surface area contributed by atoms with E-state index in [4.69, 9.17) is 16.3 Å². The second kappa shape index (κ2) is 4.47. The van der Waals surface area contributed by atoms with Gasteiger partial charge in [0.2, 0.25) is 0 Å². The molecule has 0 bridgehead atoms. The zero-order valence-corrected chi connectivity index (χ0v) is 9.31. The van der Waals surface area contributed by atoms with E-state index in [9.17, 15) is 4.79 Å². The van der Waals surface area contributed by atoms with Crippen molar-refractivity contribution < 1.29 is 9.53 Å². The molecule has 0 saturated carbocycles. The summed E-state index contributed by atoms with van der Waals surface area (Å²) in [4.78, 5) is 11.5. The first-order chi connectivity index (χ1) is 6.60. The van der Waals surface area contributed by atoms with E-state index < -0.39 is 0 Å². The highest BCUT2D eigenvalue weighted by Crippen LogP contribution is 2.24. The Labute approximate surface area is 88.8 Å². The number of carbonyl (C=O) groups excluding carboxylic acids is 1. The fourth-order valence-electron chi connectivity index (χ4n) is 1.40. The van der Waals surface area contributed by atoms with Crippen LogP contribution in [-0.2, 0) is 0 Å². The molecule has 0 spiro atoms. The summed E-state index contributed by atoms with van der Waals surface area (Å²) >= 11 is 5.52. The van der Waals surface area contributed by atoms with E-state index in [0.29, 0.717) is 5.56 Å². The molecule has 0 aliphatic carbocycles. The Morgan fingerprint density at radius 3 is 2.57 bits per heavy atom. The van der Waals surface area contributed by atoms with Crippen LogP contribution in [-0.4, -0.2) is 18.8 Å². The molecule has 0 amide bonds. The van der Waals surface area contributed by atoms with Crippen molar-refractivity contribution in [2.45, 2.75) is 13.8 Å². The van der Waals surface area contributed by atoms with Gasteiger partial charge in [0, 0.05) is 11.1 Å². The smallest absolute Gasteiger partial charge is 0.177 e. The summed E-state index contributed by atoms with van der Waals surface area (Å²) in [6.45, 7) is 3.78. The maximum Gasteiger partial charge on any atom is 0.177 e. The second-order valence-corrected chi connectivity index (χ2v) is 3.46. The highest BCUT2D eigenvalue weighted by Gasteiger charge is 2.12. The van der Waals surface area contributed by atoms with Gasteiger partial charge >= 0.3 is 0 Å². The van der Waals surface area contributed by atoms with Gasteiger partial charge in [0.25, 0.3) is 0 Å². The van der Waals surface area contributed by atoms with Crippen molar-refractivity contribution in [2.75, 3.05) is 13.0 Å². The molecule has 0 aliphatic heterocycles. The van der Waals surface area contributed by atoms with E-state index in [-0.39, 0.29) is 11.7 Å². The van der Waals surface area contributed by atoms with Crippen molar-refractivity contribution in [2.24, 2.45) is 0 Å². The minimum Gasteiger partial charge on any atom is -0.496 e. The SMILES string of the molecule is COc1cc(C)cc(C(=O)CCl)c1C. The number of Topliss-reactive ketones (excluding diaryl/α,β-unsaturated/α-hetero) is 1. The molecule has 1 aromatic rings. The molecule has 14 heavy (non-hydrogen) atoms. The van der Waals surface area contributed by atoms with Crippen LogP contribution in [0.3, 0.4) is 0 Å². The third kappa shape index (κ3) is 2.07. The fraction of sp³-hybridized carbons (Fsp3) is 0.364. The van der Waals surface area contributed by atoms with Crippen LogP contribution in [0.5, 0.6) is 5.75 Å². The summed E-state index contributed by atoms with van der Waals surface area (Å²) in [5.74, 6) is 0.678. The van der Waals surface area contributed by atoms with E-state index in [1.807, 2.05) is 26.0 Å². The zero-order chi connectivity index (χ0) is 10.7. The Morgan fingerprint density at radius 1 is 1.43 bits per heavy atom. The lowest BCUT2D eigenvalue weighted by Crippen LogP contribution is -2.05. The lowest BCUT2D eigenvalue weighted by Gasteiger charge is -2.10. The Kier molecular flexibility index (Phi) is 3.53. The van der Waals surface area contributed by atoms with Crippen molar-refractivity contribution in [3.8, 4) is 5.75 Å². The van der Waals surface area contributed by atoms with Crippen LogP contribution in [0.25, 0.3) is 0 Å². The normalized spacial score (nSPS) is 10.0. The number of aryl methyl sites for hydroxylation is 1. The van der Waals surface area contributed by atoms with Gasteiger partial charge < -0.3 is 4.74 Å². The molecule has 0 N–H and O–H groups in total. The lowest BCUT2D eigenvalue weighted by atomic mass is 10.0. The van der Waals surface area contributed by atoms with Crippen LogP contribution in [0.15, 0.2) is 12.1 Å². The predicted molar refractivity (Wildman–Crippen MR) is 57.5 cm³/mol. The third-order valence-electron chi connectivity index (χ3n) is 2.15. The Bertz CT molecular complexity index is 359. The van der Waals surface area contributed by atoms with Crippen LogP contribution in [0, 0.1) is 13.8 Å². The number of rotatable bonds is 3. The van der Waals surface area contributed by atoms with Crippen LogP contribution < -0.4 is 4.74 Å². The number of hydrogen-bond acceptors (Lipinski definition) is 2. The van der Waals surface area contributed by atoms with E-state index in [1.165, 1.54) is 0 Å². The Hall–Kier alpha value is -1.02. The van der Waals surface area contributed by atoms with E-state index in [2.05, 4.69) is 0 Å². The molecule has 1 rings (SSSR count). The molecule has 76 valence electrons. The first-order valence-electron chi connectivity index (χ1n) is 4.34. The number of methoxy groups -OCH3 is 1. The van der Waals surface area contributed by atoms with Crippen molar-refractivity contribution in [3.05, 3.63) is 28.8 Å². The van der Waals surface area contributed by atoms with Crippen molar-refractivity contribution in [3.63, 3.8) is 0 Å². The summed E-state index contributed by atoms with van der Waals surface area (Å²) in [5.41, 5.74) is 2.50. The van der Waals surface area contributed by atoms with Gasteiger partial charge in [0.05, 0.1) is 13.0 Å². The minimum absolute atomic E-state index is 0.00739. The number of alkyl halides is 1. The molecular formula is C11H13ClO2. The molecule has 0 aromatic heterocycles.